The minimum atomic E-state index is -3.74. The molecule has 0 radical (unpaired) electrons. The van der Waals surface area contributed by atoms with Crippen molar-refractivity contribution in [1.29, 1.82) is 0 Å². The molecule has 0 amide bonds. The maximum absolute atomic E-state index is 12.9. The topological polar surface area (TPSA) is 76.9 Å². The summed E-state index contributed by atoms with van der Waals surface area (Å²) in [6.45, 7) is 6.65. The van der Waals surface area contributed by atoms with Gasteiger partial charge in [-0.25, -0.2) is 18.1 Å². The van der Waals surface area contributed by atoms with Crippen molar-refractivity contribution in [2.45, 2.75) is 38.6 Å². The molecule has 0 unspecified atom stereocenters. The predicted octanol–water partition coefficient (Wildman–Crippen LogP) is 4.41. The molecule has 6 nitrogen and oxygen atoms in total. The van der Waals surface area contributed by atoms with Crippen molar-refractivity contribution in [3.8, 4) is 0 Å². The smallest absolute Gasteiger partial charge is 0.261 e. The summed E-state index contributed by atoms with van der Waals surface area (Å²) in [5.41, 5.74) is 3.67. The Kier molecular flexibility index (Phi) is 4.55. The first-order valence-electron chi connectivity index (χ1n) is 9.25. The molecule has 1 N–H and O–H groups in total. The third kappa shape index (κ3) is 3.22. The number of para-hydroxylation sites is 1. The van der Waals surface area contributed by atoms with Gasteiger partial charge in [0, 0.05) is 11.9 Å². The molecule has 0 spiro atoms. The Balaban J connectivity index is 1.87. The average Bonchev–Trinajstić information content (AvgIpc) is 2.97. The Morgan fingerprint density at radius 1 is 1.07 bits per heavy atom. The molecule has 0 fully saturated rings. The van der Waals surface area contributed by atoms with Crippen LogP contribution in [0.3, 0.4) is 0 Å². The van der Waals surface area contributed by atoms with Gasteiger partial charge in [0.2, 0.25) is 0 Å². The summed E-state index contributed by atoms with van der Waals surface area (Å²) in [5.74, 6) is 0.305. The number of aromatic nitrogens is 3. The van der Waals surface area contributed by atoms with Gasteiger partial charge in [-0.1, -0.05) is 42.8 Å². The van der Waals surface area contributed by atoms with E-state index < -0.39 is 10.0 Å². The molecular formula is C21H22N4O2S. The predicted molar refractivity (Wildman–Crippen MR) is 112 cm³/mol. The van der Waals surface area contributed by atoms with Crippen molar-refractivity contribution in [1.82, 2.24) is 14.8 Å². The van der Waals surface area contributed by atoms with Gasteiger partial charge in [0.25, 0.3) is 10.0 Å². The van der Waals surface area contributed by atoms with Crippen molar-refractivity contribution in [3.63, 3.8) is 0 Å². The summed E-state index contributed by atoms with van der Waals surface area (Å²) >= 11 is 0. The SMILES string of the molecule is CCCn1nc(NS(=O)(=O)c2ccc(C)cc2)c2cc3cccc(C)c3nc21. The molecule has 4 aromatic rings. The summed E-state index contributed by atoms with van der Waals surface area (Å²) in [4.78, 5) is 5.01. The fourth-order valence-electron chi connectivity index (χ4n) is 3.28. The standard InChI is InChI=1S/C21H22N4O2S/c1-4-12-25-21-18(13-16-7-5-6-15(3)19(16)22-21)20(23-25)24-28(26,27)17-10-8-14(2)9-11-17/h5-11,13H,4,12H2,1-3H3,(H,23,24). The van der Waals surface area contributed by atoms with Gasteiger partial charge >= 0.3 is 0 Å². The van der Waals surface area contributed by atoms with Crippen LogP contribution in [0.5, 0.6) is 0 Å². The van der Waals surface area contributed by atoms with E-state index in [4.69, 9.17) is 4.98 Å². The lowest BCUT2D eigenvalue weighted by atomic mass is 10.1. The molecule has 28 heavy (non-hydrogen) atoms. The molecule has 0 atom stereocenters. The van der Waals surface area contributed by atoms with Crippen LogP contribution in [-0.2, 0) is 16.6 Å². The van der Waals surface area contributed by atoms with Crippen LogP contribution >= 0.6 is 0 Å². The second-order valence-corrected chi connectivity index (χ2v) is 8.68. The number of benzene rings is 2. The van der Waals surface area contributed by atoms with Crippen LogP contribution in [0.15, 0.2) is 53.4 Å². The van der Waals surface area contributed by atoms with Crippen molar-refractivity contribution < 1.29 is 8.42 Å². The zero-order valence-electron chi connectivity index (χ0n) is 16.1. The van der Waals surface area contributed by atoms with Crippen LogP contribution in [0.1, 0.15) is 24.5 Å². The van der Waals surface area contributed by atoms with Crippen molar-refractivity contribution >= 4 is 37.8 Å². The minimum absolute atomic E-state index is 0.209. The Morgan fingerprint density at radius 3 is 2.54 bits per heavy atom. The zero-order valence-corrected chi connectivity index (χ0v) is 16.9. The lowest BCUT2D eigenvalue weighted by molar-refractivity contribution is 0.599. The second-order valence-electron chi connectivity index (χ2n) is 7.00. The highest BCUT2D eigenvalue weighted by atomic mass is 32.2. The molecule has 0 saturated carbocycles. The van der Waals surface area contributed by atoms with E-state index in [0.717, 1.165) is 28.5 Å². The third-order valence-corrected chi connectivity index (χ3v) is 6.10. The number of pyridine rings is 1. The molecule has 4 rings (SSSR count). The normalized spacial score (nSPS) is 12.0. The largest absolute Gasteiger partial charge is 0.263 e. The van der Waals surface area contributed by atoms with Gasteiger partial charge in [0.05, 0.1) is 15.8 Å². The first-order chi connectivity index (χ1) is 13.4. The summed E-state index contributed by atoms with van der Waals surface area (Å²) in [6.07, 6.45) is 0.869. The highest BCUT2D eigenvalue weighted by molar-refractivity contribution is 7.92. The molecule has 2 aromatic carbocycles. The Bertz CT molecular complexity index is 1280. The van der Waals surface area contributed by atoms with E-state index in [9.17, 15) is 8.42 Å². The quantitative estimate of drug-likeness (QED) is 0.544. The first kappa shape index (κ1) is 18.4. The summed E-state index contributed by atoms with van der Waals surface area (Å²) in [6, 6.07) is 14.7. The van der Waals surface area contributed by atoms with Crippen LogP contribution in [0.2, 0.25) is 0 Å². The lowest BCUT2D eigenvalue weighted by Crippen LogP contribution is -2.14. The number of hydrogen-bond acceptors (Lipinski definition) is 4. The molecule has 0 aliphatic heterocycles. The first-order valence-corrected chi connectivity index (χ1v) is 10.7. The van der Waals surface area contributed by atoms with Crippen molar-refractivity contribution in [3.05, 3.63) is 59.7 Å². The molecule has 7 heteroatoms. The summed E-state index contributed by atoms with van der Waals surface area (Å²) in [7, 11) is -3.74. The number of anilines is 1. The lowest BCUT2D eigenvalue weighted by Gasteiger charge is -2.06. The van der Waals surface area contributed by atoms with Gasteiger partial charge in [-0.3, -0.25) is 4.72 Å². The average molecular weight is 395 g/mol. The molecule has 144 valence electrons. The summed E-state index contributed by atoms with van der Waals surface area (Å²) < 4.78 is 30.1. The fourth-order valence-corrected chi connectivity index (χ4v) is 4.29. The minimum Gasteiger partial charge on any atom is -0.261 e. The molecule has 0 aliphatic carbocycles. The highest BCUT2D eigenvalue weighted by Crippen LogP contribution is 2.29. The van der Waals surface area contributed by atoms with Gasteiger partial charge in [-0.15, -0.1) is 0 Å². The molecule has 2 aromatic heterocycles. The van der Waals surface area contributed by atoms with Crippen LogP contribution in [0.25, 0.3) is 21.9 Å². The number of hydrogen-bond donors (Lipinski definition) is 1. The Morgan fingerprint density at radius 2 is 1.82 bits per heavy atom. The van der Waals surface area contributed by atoms with Crippen LogP contribution in [0.4, 0.5) is 5.82 Å². The van der Waals surface area contributed by atoms with Gasteiger partial charge in [-0.2, -0.15) is 5.10 Å². The summed E-state index contributed by atoms with van der Waals surface area (Å²) in [5, 5.41) is 6.18. The fraction of sp³-hybridized carbons (Fsp3) is 0.238. The number of fused-ring (bicyclic) bond motifs is 2. The molecule has 0 aliphatic rings. The molecule has 2 heterocycles. The molecular weight excluding hydrogens is 372 g/mol. The van der Waals surface area contributed by atoms with E-state index in [1.54, 1.807) is 28.9 Å². The van der Waals surface area contributed by atoms with Crippen LogP contribution in [0, 0.1) is 13.8 Å². The van der Waals surface area contributed by atoms with Crippen LogP contribution < -0.4 is 4.72 Å². The van der Waals surface area contributed by atoms with Crippen molar-refractivity contribution in [2.24, 2.45) is 0 Å². The monoisotopic (exact) mass is 394 g/mol. The van der Waals surface area contributed by atoms with Gasteiger partial charge in [0.1, 0.15) is 0 Å². The van der Waals surface area contributed by atoms with E-state index in [1.807, 2.05) is 38.1 Å². The Hall–Kier alpha value is -2.93. The number of nitrogens with zero attached hydrogens (tertiary/aromatic N) is 3. The number of rotatable bonds is 5. The van der Waals surface area contributed by atoms with Crippen molar-refractivity contribution in [2.75, 3.05) is 4.72 Å². The molecule has 0 saturated heterocycles. The van der Waals surface area contributed by atoms with E-state index in [1.165, 1.54) is 0 Å². The Labute approximate surface area is 164 Å². The highest BCUT2D eigenvalue weighted by Gasteiger charge is 2.20. The second kappa shape index (κ2) is 6.91. The van der Waals surface area contributed by atoms with E-state index in [0.29, 0.717) is 23.4 Å². The number of nitrogens with one attached hydrogen (secondary N) is 1. The third-order valence-electron chi connectivity index (χ3n) is 4.75. The van der Waals surface area contributed by atoms with E-state index in [-0.39, 0.29) is 4.90 Å². The van der Waals surface area contributed by atoms with E-state index in [2.05, 4.69) is 16.7 Å². The maximum atomic E-state index is 12.9. The van der Waals surface area contributed by atoms with E-state index >= 15 is 0 Å². The van der Waals surface area contributed by atoms with Gasteiger partial charge in [0.15, 0.2) is 11.5 Å². The number of aryl methyl sites for hydroxylation is 3. The number of sulfonamides is 1. The van der Waals surface area contributed by atoms with Crippen LogP contribution in [-0.4, -0.2) is 23.2 Å². The maximum Gasteiger partial charge on any atom is 0.263 e. The van der Waals surface area contributed by atoms with Gasteiger partial charge in [-0.05, 0) is 44.0 Å². The van der Waals surface area contributed by atoms with Gasteiger partial charge < -0.3 is 0 Å². The zero-order chi connectivity index (χ0) is 19.9. The molecule has 0 bridgehead atoms.